The maximum Gasteiger partial charge on any atom is 0.313 e. The van der Waals surface area contributed by atoms with Crippen molar-refractivity contribution < 1.29 is 9.59 Å². The van der Waals surface area contributed by atoms with Crippen LogP contribution >= 0.6 is 11.3 Å². The smallest absolute Gasteiger partial charge is 0.313 e. The van der Waals surface area contributed by atoms with Crippen LogP contribution in [-0.4, -0.2) is 26.6 Å². The Morgan fingerprint density at radius 1 is 1.06 bits per heavy atom. The zero-order valence-corrected chi connectivity index (χ0v) is 17.5. The molecular weight excluding hydrogens is 410 g/mol. The van der Waals surface area contributed by atoms with Gasteiger partial charge < -0.3 is 15.2 Å². The van der Waals surface area contributed by atoms with Gasteiger partial charge in [-0.1, -0.05) is 18.2 Å². The summed E-state index contributed by atoms with van der Waals surface area (Å²) in [4.78, 5) is 25.8. The van der Waals surface area contributed by atoms with Gasteiger partial charge in [-0.25, -0.2) is 0 Å². The summed E-state index contributed by atoms with van der Waals surface area (Å²) in [6.45, 7) is 0.281. The van der Waals surface area contributed by atoms with Gasteiger partial charge in [0.05, 0.1) is 18.3 Å². The first-order chi connectivity index (χ1) is 15.1. The Morgan fingerprint density at radius 2 is 1.94 bits per heavy atom. The van der Waals surface area contributed by atoms with Crippen LogP contribution in [0.15, 0.2) is 67.0 Å². The second-order valence-corrected chi connectivity index (χ2v) is 8.34. The van der Waals surface area contributed by atoms with Gasteiger partial charge in [-0.2, -0.15) is 5.10 Å². The number of aromatic amines is 1. The minimum absolute atomic E-state index is 0.281. The van der Waals surface area contributed by atoms with Crippen molar-refractivity contribution in [3.8, 4) is 10.4 Å². The van der Waals surface area contributed by atoms with Crippen molar-refractivity contribution in [2.45, 2.75) is 6.54 Å². The van der Waals surface area contributed by atoms with Crippen molar-refractivity contribution in [2.24, 2.45) is 7.05 Å². The SMILES string of the molecule is Cn1cccc1CNC(=O)C(=O)Nc1cc(-c2cc3ccccc3s2)c2[nH]ncc2c1. The molecule has 2 aromatic carbocycles. The third-order valence-electron chi connectivity index (χ3n) is 5.19. The van der Waals surface area contributed by atoms with E-state index in [1.54, 1.807) is 23.6 Å². The molecule has 0 aliphatic heterocycles. The van der Waals surface area contributed by atoms with Crippen molar-refractivity contribution in [3.63, 3.8) is 0 Å². The van der Waals surface area contributed by atoms with Crippen LogP contribution in [0.1, 0.15) is 5.69 Å². The molecule has 3 aromatic heterocycles. The molecule has 0 saturated carbocycles. The van der Waals surface area contributed by atoms with Crippen molar-refractivity contribution in [1.82, 2.24) is 20.1 Å². The zero-order chi connectivity index (χ0) is 21.4. The molecule has 0 bridgehead atoms. The van der Waals surface area contributed by atoms with Gasteiger partial charge in [0.15, 0.2) is 0 Å². The molecule has 2 amide bonds. The minimum Gasteiger partial charge on any atom is -0.353 e. The van der Waals surface area contributed by atoms with Crippen LogP contribution in [0, 0.1) is 0 Å². The lowest BCUT2D eigenvalue weighted by Crippen LogP contribution is -2.35. The quantitative estimate of drug-likeness (QED) is 0.377. The summed E-state index contributed by atoms with van der Waals surface area (Å²) in [5.74, 6) is -1.39. The predicted octanol–water partition coefficient (Wildman–Crippen LogP) is 4.04. The number of fused-ring (bicyclic) bond motifs is 2. The molecule has 8 heteroatoms. The first-order valence-electron chi connectivity index (χ1n) is 9.74. The van der Waals surface area contributed by atoms with Crippen LogP contribution in [0.2, 0.25) is 0 Å². The number of H-pyrrole nitrogens is 1. The first-order valence-corrected chi connectivity index (χ1v) is 10.6. The maximum absolute atomic E-state index is 12.5. The van der Waals surface area contributed by atoms with E-state index in [4.69, 9.17) is 0 Å². The highest BCUT2D eigenvalue weighted by Crippen LogP contribution is 2.38. The molecule has 154 valence electrons. The van der Waals surface area contributed by atoms with Crippen LogP contribution in [-0.2, 0) is 23.2 Å². The number of aromatic nitrogens is 3. The summed E-state index contributed by atoms with van der Waals surface area (Å²) in [5, 5.41) is 14.6. The molecule has 0 aliphatic rings. The molecule has 3 N–H and O–H groups in total. The highest BCUT2D eigenvalue weighted by Gasteiger charge is 2.17. The lowest BCUT2D eigenvalue weighted by molar-refractivity contribution is -0.136. The van der Waals surface area contributed by atoms with Gasteiger partial charge in [0, 0.05) is 45.2 Å². The number of anilines is 1. The summed E-state index contributed by atoms with van der Waals surface area (Å²) in [6.07, 6.45) is 3.59. The molecule has 0 fully saturated rings. The number of nitrogens with one attached hydrogen (secondary N) is 3. The van der Waals surface area contributed by atoms with Gasteiger partial charge in [-0.3, -0.25) is 14.7 Å². The van der Waals surface area contributed by atoms with Gasteiger partial charge in [0.25, 0.3) is 0 Å². The summed E-state index contributed by atoms with van der Waals surface area (Å²) in [6, 6.07) is 17.7. The van der Waals surface area contributed by atoms with E-state index in [1.807, 2.05) is 48.1 Å². The van der Waals surface area contributed by atoms with E-state index in [1.165, 1.54) is 4.70 Å². The summed E-state index contributed by atoms with van der Waals surface area (Å²) in [7, 11) is 1.89. The molecule has 0 aliphatic carbocycles. The fraction of sp³-hybridized carbons (Fsp3) is 0.0870. The fourth-order valence-electron chi connectivity index (χ4n) is 3.56. The highest BCUT2D eigenvalue weighted by atomic mass is 32.1. The highest BCUT2D eigenvalue weighted by molar-refractivity contribution is 7.22. The molecular formula is C23H19N5O2S. The number of hydrogen-bond donors (Lipinski definition) is 3. The van der Waals surface area contributed by atoms with Crippen LogP contribution < -0.4 is 10.6 Å². The number of carbonyl (C=O) groups excluding carboxylic acids is 2. The van der Waals surface area contributed by atoms with Crippen molar-refractivity contribution >= 4 is 49.8 Å². The van der Waals surface area contributed by atoms with E-state index in [0.717, 1.165) is 32.4 Å². The number of rotatable bonds is 4. The Hall–Kier alpha value is -3.91. The lowest BCUT2D eigenvalue weighted by Gasteiger charge is -2.09. The average Bonchev–Trinajstić information content (AvgIpc) is 3.50. The summed E-state index contributed by atoms with van der Waals surface area (Å²) >= 11 is 1.67. The predicted molar refractivity (Wildman–Crippen MR) is 123 cm³/mol. The molecule has 0 unspecified atom stereocenters. The molecule has 0 spiro atoms. The van der Waals surface area contributed by atoms with E-state index < -0.39 is 11.8 Å². The van der Waals surface area contributed by atoms with Crippen LogP contribution in [0.3, 0.4) is 0 Å². The summed E-state index contributed by atoms with van der Waals surface area (Å²) in [5.41, 5.74) is 3.27. The molecule has 0 saturated heterocycles. The van der Waals surface area contributed by atoms with Gasteiger partial charge in [0.1, 0.15) is 0 Å². The maximum atomic E-state index is 12.5. The number of amides is 2. The van der Waals surface area contributed by atoms with Crippen molar-refractivity contribution in [2.75, 3.05) is 5.32 Å². The molecule has 31 heavy (non-hydrogen) atoms. The van der Waals surface area contributed by atoms with E-state index in [2.05, 4.69) is 39.0 Å². The Bertz CT molecular complexity index is 1400. The number of thiophene rings is 1. The normalized spacial score (nSPS) is 11.1. The monoisotopic (exact) mass is 429 g/mol. The van der Waals surface area contributed by atoms with Crippen LogP contribution in [0.4, 0.5) is 5.69 Å². The number of benzene rings is 2. The number of aryl methyl sites for hydroxylation is 1. The Morgan fingerprint density at radius 3 is 2.74 bits per heavy atom. The van der Waals surface area contributed by atoms with E-state index in [-0.39, 0.29) is 6.54 Å². The van der Waals surface area contributed by atoms with Crippen molar-refractivity contribution in [1.29, 1.82) is 0 Å². The lowest BCUT2D eigenvalue weighted by atomic mass is 10.1. The van der Waals surface area contributed by atoms with Crippen molar-refractivity contribution in [3.05, 3.63) is 72.7 Å². The third kappa shape index (κ3) is 3.69. The molecule has 5 rings (SSSR count). The average molecular weight is 430 g/mol. The molecule has 0 atom stereocenters. The van der Waals surface area contributed by atoms with Crippen LogP contribution in [0.25, 0.3) is 31.4 Å². The van der Waals surface area contributed by atoms with E-state index >= 15 is 0 Å². The topological polar surface area (TPSA) is 91.8 Å². The Balaban J connectivity index is 1.40. The zero-order valence-electron chi connectivity index (χ0n) is 16.7. The number of hydrogen-bond acceptors (Lipinski definition) is 4. The molecule has 5 aromatic rings. The van der Waals surface area contributed by atoms with E-state index in [9.17, 15) is 9.59 Å². The van der Waals surface area contributed by atoms with Gasteiger partial charge in [-0.05, 0) is 41.8 Å². The van der Waals surface area contributed by atoms with Gasteiger partial charge >= 0.3 is 11.8 Å². The first kappa shape index (κ1) is 19.1. The Labute approximate surface area is 181 Å². The third-order valence-corrected chi connectivity index (χ3v) is 6.33. The standard InChI is InChI=1S/C23H19N5O2S/c1-28-8-4-6-17(28)13-24-22(29)23(30)26-16-9-15-12-25-27-21(15)18(11-16)20-10-14-5-2-3-7-19(14)31-20/h2-12H,13H2,1H3,(H,24,29)(H,25,27)(H,26,30). The largest absolute Gasteiger partial charge is 0.353 e. The minimum atomic E-state index is -0.709. The second kappa shape index (κ2) is 7.73. The molecule has 3 heterocycles. The molecule has 0 radical (unpaired) electrons. The number of nitrogens with zero attached hydrogens (tertiary/aromatic N) is 2. The van der Waals surface area contributed by atoms with Gasteiger partial charge in [-0.15, -0.1) is 11.3 Å². The van der Waals surface area contributed by atoms with E-state index in [0.29, 0.717) is 5.69 Å². The second-order valence-electron chi connectivity index (χ2n) is 7.25. The van der Waals surface area contributed by atoms with Gasteiger partial charge in [0.2, 0.25) is 0 Å². The number of carbonyl (C=O) groups is 2. The Kier molecular flexibility index (Phi) is 4.76. The summed E-state index contributed by atoms with van der Waals surface area (Å²) < 4.78 is 3.07. The fourth-order valence-corrected chi connectivity index (χ4v) is 4.64. The molecule has 7 nitrogen and oxygen atoms in total. The van der Waals surface area contributed by atoms with Crippen LogP contribution in [0.5, 0.6) is 0 Å².